The number of carbonyl (C=O) groups excluding carboxylic acids is 2. The SMILES string of the molecule is CCCCC(=O)C(S)(S)[C]=O. The van der Waals surface area contributed by atoms with Gasteiger partial charge >= 0.3 is 0 Å². The van der Waals surface area contributed by atoms with E-state index in [1.54, 1.807) is 0 Å². The molecule has 4 heteroatoms. The highest BCUT2D eigenvalue weighted by molar-refractivity contribution is 8.03. The minimum absolute atomic E-state index is 0.277. The van der Waals surface area contributed by atoms with Gasteiger partial charge in [0, 0.05) is 6.42 Å². The lowest BCUT2D eigenvalue weighted by Gasteiger charge is -2.10. The molecule has 1 radical (unpaired) electrons. The smallest absolute Gasteiger partial charge is 0.234 e. The van der Waals surface area contributed by atoms with E-state index in [9.17, 15) is 9.59 Å². The van der Waals surface area contributed by atoms with Gasteiger partial charge in [0.2, 0.25) is 6.29 Å². The summed E-state index contributed by atoms with van der Waals surface area (Å²) in [5.74, 6) is -0.277. The lowest BCUT2D eigenvalue weighted by Crippen LogP contribution is -2.27. The van der Waals surface area contributed by atoms with Crippen molar-refractivity contribution >= 4 is 37.3 Å². The second kappa shape index (κ2) is 4.83. The van der Waals surface area contributed by atoms with Crippen molar-refractivity contribution in [2.75, 3.05) is 0 Å². The van der Waals surface area contributed by atoms with Crippen LogP contribution in [0, 0.1) is 0 Å². The molecule has 63 valence electrons. The summed E-state index contributed by atoms with van der Waals surface area (Å²) in [7, 11) is 0. The summed E-state index contributed by atoms with van der Waals surface area (Å²) in [6, 6.07) is 0. The summed E-state index contributed by atoms with van der Waals surface area (Å²) >= 11 is 7.49. The van der Waals surface area contributed by atoms with Crippen molar-refractivity contribution in [2.24, 2.45) is 0 Å². The van der Waals surface area contributed by atoms with E-state index < -0.39 is 4.08 Å². The lowest BCUT2D eigenvalue weighted by molar-refractivity contribution is -0.118. The van der Waals surface area contributed by atoms with E-state index in [1.165, 1.54) is 6.29 Å². The normalized spacial score (nSPS) is 11.2. The first-order valence-electron chi connectivity index (χ1n) is 3.42. The molecule has 0 aromatic carbocycles. The molecule has 0 atom stereocenters. The quantitative estimate of drug-likeness (QED) is 0.391. The van der Waals surface area contributed by atoms with E-state index in [4.69, 9.17) is 0 Å². The fourth-order valence-corrected chi connectivity index (χ4v) is 0.792. The number of hydrogen-bond donors (Lipinski definition) is 2. The van der Waals surface area contributed by atoms with Crippen LogP contribution < -0.4 is 0 Å². The van der Waals surface area contributed by atoms with Crippen LogP contribution in [0.2, 0.25) is 0 Å². The van der Waals surface area contributed by atoms with Gasteiger partial charge in [0.25, 0.3) is 0 Å². The molecule has 0 aromatic rings. The first-order valence-corrected chi connectivity index (χ1v) is 4.31. The maximum absolute atomic E-state index is 11.0. The average molecular weight is 191 g/mol. The van der Waals surface area contributed by atoms with Crippen LogP contribution in [-0.2, 0) is 9.59 Å². The predicted octanol–water partition coefficient (Wildman–Crippen LogP) is 1.41. The zero-order valence-electron chi connectivity index (χ0n) is 6.33. The van der Waals surface area contributed by atoms with Crippen LogP contribution in [0.25, 0.3) is 0 Å². The van der Waals surface area contributed by atoms with Gasteiger partial charge in [0.05, 0.1) is 0 Å². The molecule has 0 N–H and O–H groups in total. The van der Waals surface area contributed by atoms with Crippen molar-refractivity contribution in [1.82, 2.24) is 0 Å². The van der Waals surface area contributed by atoms with E-state index in [0.717, 1.165) is 12.8 Å². The third-order valence-electron chi connectivity index (χ3n) is 1.29. The number of Topliss-reactive ketones (excluding diaryl/α,β-unsaturated/α-hetero) is 1. The van der Waals surface area contributed by atoms with Crippen molar-refractivity contribution < 1.29 is 9.59 Å². The van der Waals surface area contributed by atoms with Crippen LogP contribution in [0.5, 0.6) is 0 Å². The maximum atomic E-state index is 11.0. The molecule has 0 unspecified atom stereocenters. The molecule has 11 heavy (non-hydrogen) atoms. The Hall–Kier alpha value is 0.0400. The molecule has 0 aliphatic heterocycles. The average Bonchev–Trinajstić information content (AvgIpc) is 2.00. The fourth-order valence-electron chi connectivity index (χ4n) is 0.569. The highest BCUT2D eigenvalue weighted by Crippen LogP contribution is 2.20. The zero-order chi connectivity index (χ0) is 8.91. The molecular formula is C7H11O2S2. The molecule has 0 amide bonds. The molecule has 0 rings (SSSR count). The van der Waals surface area contributed by atoms with Crippen LogP contribution in [0.3, 0.4) is 0 Å². The molecule has 2 nitrogen and oxygen atoms in total. The van der Waals surface area contributed by atoms with E-state index in [0.29, 0.717) is 6.42 Å². The van der Waals surface area contributed by atoms with Gasteiger partial charge in [-0.05, 0) is 6.42 Å². The third kappa shape index (κ3) is 3.82. The van der Waals surface area contributed by atoms with Crippen LogP contribution >= 0.6 is 25.3 Å². The van der Waals surface area contributed by atoms with Crippen LogP contribution in [-0.4, -0.2) is 16.1 Å². The molecule has 0 bridgehead atoms. The standard InChI is InChI=1S/C7H11O2S2/c1-2-3-4-6(9)7(10,11)5-8/h10-11H,2-4H2,1H3. The van der Waals surface area contributed by atoms with Gasteiger partial charge in [-0.1, -0.05) is 13.3 Å². The highest BCUT2D eigenvalue weighted by Gasteiger charge is 2.29. The summed E-state index contributed by atoms with van der Waals surface area (Å²) in [6.07, 6.45) is 3.51. The number of unbranched alkanes of at least 4 members (excludes halogenated alkanes) is 1. The van der Waals surface area contributed by atoms with Crippen molar-refractivity contribution in [3.8, 4) is 0 Å². The Labute approximate surface area is 77.6 Å². The maximum Gasteiger partial charge on any atom is 0.234 e. The Balaban J connectivity index is 3.91. The van der Waals surface area contributed by atoms with Gasteiger partial charge in [-0.2, -0.15) is 0 Å². The highest BCUT2D eigenvalue weighted by atomic mass is 32.2. The summed E-state index contributed by atoms with van der Waals surface area (Å²) in [5.41, 5.74) is 0. The van der Waals surface area contributed by atoms with Gasteiger partial charge in [-0.3, -0.25) is 9.59 Å². The van der Waals surface area contributed by atoms with Gasteiger partial charge < -0.3 is 0 Å². The molecule has 0 heterocycles. The fraction of sp³-hybridized carbons (Fsp3) is 0.714. The monoisotopic (exact) mass is 191 g/mol. The summed E-state index contributed by atoms with van der Waals surface area (Å²) in [5, 5.41) is 0. The Morgan fingerprint density at radius 3 is 2.45 bits per heavy atom. The van der Waals surface area contributed by atoms with Crippen LogP contribution in [0.1, 0.15) is 26.2 Å². The van der Waals surface area contributed by atoms with Gasteiger partial charge in [0.15, 0.2) is 9.86 Å². The molecule has 0 saturated heterocycles. The van der Waals surface area contributed by atoms with Crippen molar-refractivity contribution in [2.45, 2.75) is 30.3 Å². The van der Waals surface area contributed by atoms with Gasteiger partial charge in [0.1, 0.15) is 0 Å². The van der Waals surface area contributed by atoms with E-state index in [-0.39, 0.29) is 5.78 Å². The summed E-state index contributed by atoms with van der Waals surface area (Å²) in [6.45, 7) is 1.97. The first kappa shape index (κ1) is 11.0. The first-order chi connectivity index (χ1) is 5.04. The van der Waals surface area contributed by atoms with E-state index >= 15 is 0 Å². The molecule has 0 saturated carbocycles. The lowest BCUT2D eigenvalue weighted by atomic mass is 10.1. The topological polar surface area (TPSA) is 34.1 Å². The van der Waals surface area contributed by atoms with E-state index in [2.05, 4.69) is 25.3 Å². The Morgan fingerprint density at radius 2 is 2.09 bits per heavy atom. The summed E-state index contributed by atoms with van der Waals surface area (Å²) in [4.78, 5) is 21.2. The Bertz CT molecular complexity index is 155. The molecule has 0 fully saturated rings. The summed E-state index contributed by atoms with van der Waals surface area (Å²) < 4.78 is -1.50. The molecular weight excluding hydrogens is 180 g/mol. The molecule has 0 aromatic heterocycles. The number of carbonyl (C=O) groups is 1. The minimum Gasteiger partial charge on any atom is -0.297 e. The molecule has 0 spiro atoms. The largest absolute Gasteiger partial charge is 0.297 e. The van der Waals surface area contributed by atoms with Crippen molar-refractivity contribution in [1.29, 1.82) is 0 Å². The Morgan fingerprint density at radius 1 is 1.55 bits per heavy atom. The molecule has 0 aliphatic rings. The predicted molar refractivity (Wildman–Crippen MR) is 50.9 cm³/mol. The van der Waals surface area contributed by atoms with Gasteiger partial charge in [-0.15, -0.1) is 25.3 Å². The minimum atomic E-state index is -1.50. The van der Waals surface area contributed by atoms with Crippen molar-refractivity contribution in [3.05, 3.63) is 0 Å². The third-order valence-corrected chi connectivity index (χ3v) is 1.97. The van der Waals surface area contributed by atoms with E-state index in [1.807, 2.05) is 6.92 Å². The molecule has 0 aliphatic carbocycles. The zero-order valence-corrected chi connectivity index (χ0v) is 8.12. The van der Waals surface area contributed by atoms with Crippen LogP contribution in [0.15, 0.2) is 0 Å². The van der Waals surface area contributed by atoms with Crippen molar-refractivity contribution in [3.63, 3.8) is 0 Å². The second-order valence-electron chi connectivity index (χ2n) is 2.30. The number of ketones is 1. The van der Waals surface area contributed by atoms with Crippen LogP contribution in [0.4, 0.5) is 0 Å². The van der Waals surface area contributed by atoms with Gasteiger partial charge in [-0.25, -0.2) is 0 Å². The number of rotatable bonds is 5. The number of hydrogen-bond acceptors (Lipinski definition) is 4. The number of thiol groups is 2. The Kier molecular flexibility index (Phi) is 4.84. The second-order valence-corrected chi connectivity index (χ2v) is 4.00.